The minimum Gasteiger partial charge on any atom is -0.478 e. The first kappa shape index (κ1) is 15.3. The lowest BCUT2D eigenvalue weighted by Crippen LogP contribution is -2.44. The lowest BCUT2D eigenvalue weighted by Gasteiger charge is -2.29. The summed E-state index contributed by atoms with van der Waals surface area (Å²) in [5.41, 5.74) is 1.47. The predicted molar refractivity (Wildman–Crippen MR) is 80.8 cm³/mol. The van der Waals surface area contributed by atoms with Crippen molar-refractivity contribution in [3.05, 3.63) is 29.3 Å². The second kappa shape index (κ2) is 6.58. The van der Waals surface area contributed by atoms with E-state index in [1.807, 2.05) is 0 Å². The Hall–Kier alpha value is -2.08. The lowest BCUT2D eigenvalue weighted by molar-refractivity contribution is 0.0696. The first-order valence-corrected chi connectivity index (χ1v) is 7.05. The average Bonchev–Trinajstić information content (AvgIpc) is 2.41. The summed E-state index contributed by atoms with van der Waals surface area (Å²) in [5, 5.41) is 14.7. The second-order valence-electron chi connectivity index (χ2n) is 5.51. The number of aryl methyl sites for hydroxylation is 1. The van der Waals surface area contributed by atoms with Crippen LogP contribution in [0.1, 0.15) is 28.8 Å². The number of piperidine rings is 1. The fourth-order valence-electron chi connectivity index (χ4n) is 2.49. The third-order valence-electron chi connectivity index (χ3n) is 3.77. The molecule has 3 N–H and O–H groups in total. The van der Waals surface area contributed by atoms with Gasteiger partial charge in [0.1, 0.15) is 0 Å². The van der Waals surface area contributed by atoms with Gasteiger partial charge in [0, 0.05) is 11.7 Å². The highest BCUT2D eigenvalue weighted by atomic mass is 16.4. The van der Waals surface area contributed by atoms with E-state index in [-0.39, 0.29) is 17.6 Å². The number of amides is 2. The normalized spacial score (nSPS) is 16.5. The SMILES string of the molecule is Cc1cc(NC(=O)NC2CCN(C)CC2)ccc1C(=O)O. The highest BCUT2D eigenvalue weighted by Crippen LogP contribution is 2.15. The van der Waals surface area contributed by atoms with Gasteiger partial charge < -0.3 is 20.6 Å². The van der Waals surface area contributed by atoms with Gasteiger partial charge in [-0.2, -0.15) is 0 Å². The zero-order valence-corrected chi connectivity index (χ0v) is 12.3. The predicted octanol–water partition coefficient (Wildman–Crippen LogP) is 1.91. The van der Waals surface area contributed by atoms with Crippen molar-refractivity contribution in [3.63, 3.8) is 0 Å². The quantitative estimate of drug-likeness (QED) is 0.794. The molecule has 0 unspecified atom stereocenters. The largest absolute Gasteiger partial charge is 0.478 e. The molecule has 6 heteroatoms. The Balaban J connectivity index is 1.91. The first-order chi connectivity index (χ1) is 9.95. The molecule has 0 saturated carbocycles. The number of hydrogen-bond donors (Lipinski definition) is 3. The molecule has 1 aromatic carbocycles. The number of rotatable bonds is 3. The van der Waals surface area contributed by atoms with Gasteiger partial charge in [-0.15, -0.1) is 0 Å². The molecule has 0 bridgehead atoms. The molecule has 0 aromatic heterocycles. The molecule has 2 rings (SSSR count). The van der Waals surface area contributed by atoms with Crippen molar-refractivity contribution in [3.8, 4) is 0 Å². The summed E-state index contributed by atoms with van der Waals surface area (Å²) >= 11 is 0. The molecule has 1 saturated heterocycles. The van der Waals surface area contributed by atoms with Gasteiger partial charge in [-0.25, -0.2) is 9.59 Å². The van der Waals surface area contributed by atoms with Crippen molar-refractivity contribution < 1.29 is 14.7 Å². The Morgan fingerprint density at radius 2 is 1.95 bits per heavy atom. The molecule has 114 valence electrons. The maximum Gasteiger partial charge on any atom is 0.335 e. The summed E-state index contributed by atoms with van der Waals surface area (Å²) in [6.45, 7) is 3.68. The van der Waals surface area contributed by atoms with E-state index in [1.165, 1.54) is 6.07 Å². The van der Waals surface area contributed by atoms with E-state index < -0.39 is 5.97 Å². The van der Waals surface area contributed by atoms with Crippen LogP contribution in [0.15, 0.2) is 18.2 Å². The molecule has 0 radical (unpaired) electrons. The number of carboxylic acids is 1. The Labute approximate surface area is 124 Å². The fraction of sp³-hybridized carbons (Fsp3) is 0.467. The minimum absolute atomic E-state index is 0.195. The maximum atomic E-state index is 11.9. The van der Waals surface area contributed by atoms with Gasteiger partial charge in [0.05, 0.1) is 5.56 Å². The van der Waals surface area contributed by atoms with Crippen LogP contribution in [0.5, 0.6) is 0 Å². The van der Waals surface area contributed by atoms with Gasteiger partial charge in [0.25, 0.3) is 0 Å². The number of carbonyl (C=O) groups is 2. The number of anilines is 1. The number of benzene rings is 1. The molecule has 21 heavy (non-hydrogen) atoms. The highest BCUT2D eigenvalue weighted by Gasteiger charge is 2.18. The number of hydrogen-bond acceptors (Lipinski definition) is 3. The third-order valence-corrected chi connectivity index (χ3v) is 3.77. The van der Waals surface area contributed by atoms with Crippen molar-refractivity contribution in [2.24, 2.45) is 0 Å². The number of nitrogens with zero attached hydrogens (tertiary/aromatic N) is 1. The molecule has 0 spiro atoms. The molecule has 1 aromatic rings. The molecule has 1 heterocycles. The van der Waals surface area contributed by atoms with E-state index in [2.05, 4.69) is 22.6 Å². The van der Waals surface area contributed by atoms with Gasteiger partial charge in [-0.05, 0) is 63.7 Å². The standard InChI is InChI=1S/C15H21N3O3/c1-10-9-12(3-4-13(10)14(19)20)17-15(21)16-11-5-7-18(2)8-6-11/h3-4,9,11H,5-8H2,1-2H3,(H,19,20)(H2,16,17,21). The van der Waals surface area contributed by atoms with Crippen LogP contribution in [0.2, 0.25) is 0 Å². The van der Waals surface area contributed by atoms with E-state index in [4.69, 9.17) is 5.11 Å². The van der Waals surface area contributed by atoms with Crippen LogP contribution >= 0.6 is 0 Å². The zero-order chi connectivity index (χ0) is 15.4. The van der Waals surface area contributed by atoms with Crippen LogP contribution in [-0.4, -0.2) is 48.2 Å². The lowest BCUT2D eigenvalue weighted by atomic mass is 10.1. The van der Waals surface area contributed by atoms with Crippen LogP contribution in [0.4, 0.5) is 10.5 Å². The average molecular weight is 291 g/mol. The monoisotopic (exact) mass is 291 g/mol. The molecule has 0 atom stereocenters. The van der Waals surface area contributed by atoms with E-state index >= 15 is 0 Å². The Morgan fingerprint density at radius 3 is 2.52 bits per heavy atom. The van der Waals surface area contributed by atoms with E-state index in [9.17, 15) is 9.59 Å². The van der Waals surface area contributed by atoms with Crippen molar-refractivity contribution in [2.45, 2.75) is 25.8 Å². The van der Waals surface area contributed by atoms with E-state index in [0.717, 1.165) is 25.9 Å². The van der Waals surface area contributed by atoms with Crippen LogP contribution < -0.4 is 10.6 Å². The molecule has 1 fully saturated rings. The van der Waals surface area contributed by atoms with E-state index in [1.54, 1.807) is 19.1 Å². The van der Waals surface area contributed by atoms with Crippen LogP contribution in [0.25, 0.3) is 0 Å². The molecule has 1 aliphatic heterocycles. The fourth-order valence-corrected chi connectivity index (χ4v) is 2.49. The van der Waals surface area contributed by atoms with E-state index in [0.29, 0.717) is 11.3 Å². The smallest absolute Gasteiger partial charge is 0.335 e. The number of likely N-dealkylation sites (tertiary alicyclic amines) is 1. The van der Waals surface area contributed by atoms with Crippen LogP contribution in [0.3, 0.4) is 0 Å². The third kappa shape index (κ3) is 4.19. The van der Waals surface area contributed by atoms with Crippen LogP contribution in [-0.2, 0) is 0 Å². The summed E-state index contributed by atoms with van der Waals surface area (Å²) in [4.78, 5) is 25.1. The van der Waals surface area contributed by atoms with Gasteiger partial charge >= 0.3 is 12.0 Å². The first-order valence-electron chi connectivity index (χ1n) is 7.05. The Kier molecular flexibility index (Phi) is 4.80. The molecule has 6 nitrogen and oxygen atoms in total. The number of nitrogens with one attached hydrogen (secondary N) is 2. The maximum absolute atomic E-state index is 11.9. The second-order valence-corrected chi connectivity index (χ2v) is 5.51. The summed E-state index contributed by atoms with van der Waals surface area (Å²) < 4.78 is 0. The molecule has 0 aliphatic carbocycles. The topological polar surface area (TPSA) is 81.7 Å². The van der Waals surface area contributed by atoms with Crippen molar-refractivity contribution in [1.82, 2.24) is 10.2 Å². The number of urea groups is 1. The number of carboxylic acid groups (broad SMARTS) is 1. The van der Waals surface area contributed by atoms with Gasteiger partial charge in [-0.3, -0.25) is 0 Å². The molecule has 2 amide bonds. The summed E-state index contributed by atoms with van der Waals surface area (Å²) in [7, 11) is 2.07. The van der Waals surface area contributed by atoms with Crippen molar-refractivity contribution >= 4 is 17.7 Å². The molecular formula is C15H21N3O3. The number of aromatic carboxylic acids is 1. The summed E-state index contributed by atoms with van der Waals surface area (Å²) in [6.07, 6.45) is 1.89. The van der Waals surface area contributed by atoms with Crippen molar-refractivity contribution in [1.29, 1.82) is 0 Å². The Bertz CT molecular complexity index is 537. The summed E-state index contributed by atoms with van der Waals surface area (Å²) in [5.74, 6) is -0.963. The zero-order valence-electron chi connectivity index (χ0n) is 12.3. The van der Waals surface area contributed by atoms with Gasteiger partial charge in [-0.1, -0.05) is 0 Å². The minimum atomic E-state index is -0.963. The summed E-state index contributed by atoms with van der Waals surface area (Å²) in [6, 6.07) is 4.72. The van der Waals surface area contributed by atoms with Crippen LogP contribution in [0, 0.1) is 6.92 Å². The highest BCUT2D eigenvalue weighted by molar-refractivity contribution is 5.92. The number of carbonyl (C=O) groups excluding carboxylic acids is 1. The van der Waals surface area contributed by atoms with Gasteiger partial charge in [0.2, 0.25) is 0 Å². The molecular weight excluding hydrogens is 270 g/mol. The van der Waals surface area contributed by atoms with Gasteiger partial charge in [0.15, 0.2) is 0 Å². The Morgan fingerprint density at radius 1 is 1.29 bits per heavy atom. The van der Waals surface area contributed by atoms with Crippen molar-refractivity contribution in [2.75, 3.05) is 25.5 Å². The molecule has 1 aliphatic rings.